The number of hydrogen-bond acceptors (Lipinski definition) is 6. The number of fused-ring (bicyclic) bond motifs is 1. The number of carbonyl (C=O) groups excluding carboxylic acids is 2. The van der Waals surface area contributed by atoms with Crippen LogP contribution in [0.1, 0.15) is 25.3 Å². The molecule has 2 aliphatic rings. The second-order valence-corrected chi connectivity index (χ2v) is 8.26. The Labute approximate surface area is 177 Å². The SMILES string of the molecule is CC(=O)Nc1ccc(-c2csc(NC(=O)C3(c4ccc5c(c4)OCO5)CC3)n2)cc1. The van der Waals surface area contributed by atoms with Crippen LogP contribution < -0.4 is 20.1 Å². The molecule has 1 fully saturated rings. The zero-order valence-corrected chi connectivity index (χ0v) is 17.0. The Kier molecular flexibility index (Phi) is 4.43. The third-order valence-electron chi connectivity index (χ3n) is 5.34. The van der Waals surface area contributed by atoms with Gasteiger partial charge in [-0.2, -0.15) is 0 Å². The molecule has 0 radical (unpaired) electrons. The summed E-state index contributed by atoms with van der Waals surface area (Å²) >= 11 is 1.39. The van der Waals surface area contributed by atoms with E-state index in [0.29, 0.717) is 16.6 Å². The van der Waals surface area contributed by atoms with Crippen LogP contribution in [-0.4, -0.2) is 23.6 Å². The fourth-order valence-electron chi connectivity index (χ4n) is 3.57. The van der Waals surface area contributed by atoms with Crippen LogP contribution in [0.2, 0.25) is 0 Å². The molecule has 2 heterocycles. The molecule has 8 heteroatoms. The second-order valence-electron chi connectivity index (χ2n) is 7.40. The van der Waals surface area contributed by atoms with E-state index in [9.17, 15) is 9.59 Å². The Hall–Kier alpha value is -3.39. The third kappa shape index (κ3) is 3.39. The minimum absolute atomic E-state index is 0.0525. The lowest BCUT2D eigenvalue weighted by Gasteiger charge is -2.15. The monoisotopic (exact) mass is 421 g/mol. The number of benzene rings is 2. The van der Waals surface area contributed by atoms with Crippen molar-refractivity contribution in [3.8, 4) is 22.8 Å². The van der Waals surface area contributed by atoms with Crippen molar-refractivity contribution in [1.29, 1.82) is 0 Å². The van der Waals surface area contributed by atoms with Crippen molar-refractivity contribution in [2.24, 2.45) is 0 Å². The van der Waals surface area contributed by atoms with Crippen LogP contribution in [-0.2, 0) is 15.0 Å². The molecule has 3 aromatic rings. The van der Waals surface area contributed by atoms with Crippen LogP contribution in [0.5, 0.6) is 11.5 Å². The van der Waals surface area contributed by atoms with E-state index in [1.54, 1.807) is 0 Å². The topological polar surface area (TPSA) is 89.6 Å². The van der Waals surface area contributed by atoms with Crippen molar-refractivity contribution < 1.29 is 19.1 Å². The summed E-state index contributed by atoms with van der Waals surface area (Å²) in [6, 6.07) is 13.1. The van der Waals surface area contributed by atoms with Crippen LogP contribution in [0, 0.1) is 0 Å². The first kappa shape index (κ1) is 18.6. The minimum atomic E-state index is -0.535. The van der Waals surface area contributed by atoms with Gasteiger partial charge in [-0.05, 0) is 42.7 Å². The van der Waals surface area contributed by atoms with Crippen molar-refractivity contribution in [2.45, 2.75) is 25.2 Å². The Bertz CT molecular complexity index is 1140. The number of aromatic nitrogens is 1. The molecule has 0 unspecified atom stereocenters. The summed E-state index contributed by atoms with van der Waals surface area (Å²) in [5, 5.41) is 8.19. The second kappa shape index (κ2) is 7.14. The number of amides is 2. The molecule has 0 saturated heterocycles. The Morgan fingerprint density at radius 3 is 2.53 bits per heavy atom. The first-order chi connectivity index (χ1) is 14.5. The van der Waals surface area contributed by atoms with Crippen molar-refractivity contribution in [1.82, 2.24) is 4.98 Å². The number of nitrogens with zero attached hydrogens (tertiary/aromatic N) is 1. The molecule has 2 amide bonds. The molecule has 1 aliphatic heterocycles. The summed E-state index contributed by atoms with van der Waals surface area (Å²) in [6.07, 6.45) is 1.59. The molecule has 1 aromatic heterocycles. The highest BCUT2D eigenvalue weighted by atomic mass is 32.1. The van der Waals surface area contributed by atoms with Crippen LogP contribution in [0.15, 0.2) is 47.8 Å². The molecule has 1 saturated carbocycles. The molecule has 5 rings (SSSR count). The van der Waals surface area contributed by atoms with Gasteiger partial charge in [0.25, 0.3) is 0 Å². The first-order valence-corrected chi connectivity index (χ1v) is 10.5. The smallest absolute Gasteiger partial charge is 0.236 e. The molecule has 7 nitrogen and oxygen atoms in total. The van der Waals surface area contributed by atoms with Gasteiger partial charge in [0.2, 0.25) is 18.6 Å². The summed E-state index contributed by atoms with van der Waals surface area (Å²) < 4.78 is 10.8. The van der Waals surface area contributed by atoms with Crippen molar-refractivity contribution in [3.05, 3.63) is 53.4 Å². The summed E-state index contributed by atoms with van der Waals surface area (Å²) in [4.78, 5) is 28.7. The highest BCUT2D eigenvalue weighted by Crippen LogP contribution is 2.51. The first-order valence-electron chi connectivity index (χ1n) is 9.59. The van der Waals surface area contributed by atoms with Crippen molar-refractivity contribution in [3.63, 3.8) is 0 Å². The molecule has 30 heavy (non-hydrogen) atoms. The van der Waals surface area contributed by atoms with Gasteiger partial charge in [0.05, 0.1) is 11.1 Å². The van der Waals surface area contributed by atoms with E-state index >= 15 is 0 Å². The summed E-state index contributed by atoms with van der Waals surface area (Å²) in [5.41, 5.74) is 2.83. The van der Waals surface area contributed by atoms with E-state index in [4.69, 9.17) is 9.47 Å². The van der Waals surface area contributed by atoms with Gasteiger partial charge >= 0.3 is 0 Å². The number of ether oxygens (including phenoxy) is 2. The third-order valence-corrected chi connectivity index (χ3v) is 6.09. The van der Waals surface area contributed by atoms with Gasteiger partial charge in [0.1, 0.15) is 0 Å². The lowest BCUT2D eigenvalue weighted by Crippen LogP contribution is -2.27. The lowest BCUT2D eigenvalue weighted by molar-refractivity contribution is -0.118. The van der Waals surface area contributed by atoms with E-state index in [2.05, 4.69) is 15.6 Å². The fourth-order valence-corrected chi connectivity index (χ4v) is 4.29. The molecular formula is C22H19N3O4S. The van der Waals surface area contributed by atoms with Crippen molar-refractivity contribution in [2.75, 3.05) is 17.4 Å². The number of nitrogens with one attached hydrogen (secondary N) is 2. The van der Waals surface area contributed by atoms with Gasteiger partial charge in [-0.15, -0.1) is 11.3 Å². The molecule has 1 aliphatic carbocycles. The van der Waals surface area contributed by atoms with Crippen LogP contribution in [0.3, 0.4) is 0 Å². The van der Waals surface area contributed by atoms with Gasteiger partial charge in [0.15, 0.2) is 16.6 Å². The van der Waals surface area contributed by atoms with E-state index in [1.807, 2.05) is 47.8 Å². The molecule has 152 valence electrons. The standard InChI is InChI=1S/C22H19N3O4S/c1-13(26)23-16-5-2-14(3-6-16)17-11-30-21(24-17)25-20(27)22(8-9-22)15-4-7-18-19(10-15)29-12-28-18/h2-7,10-11H,8-9,12H2,1H3,(H,23,26)(H,24,25,27). The number of anilines is 2. The van der Waals surface area contributed by atoms with E-state index < -0.39 is 5.41 Å². The summed E-state index contributed by atoms with van der Waals surface area (Å²) in [5.74, 6) is 1.23. The molecule has 0 atom stereocenters. The van der Waals surface area contributed by atoms with Crippen molar-refractivity contribution >= 4 is 34.0 Å². The summed E-state index contributed by atoms with van der Waals surface area (Å²) in [7, 11) is 0. The quantitative estimate of drug-likeness (QED) is 0.645. The zero-order valence-electron chi connectivity index (χ0n) is 16.2. The molecule has 2 N–H and O–H groups in total. The van der Waals surface area contributed by atoms with Gasteiger partial charge in [0, 0.05) is 23.6 Å². The molecule has 0 spiro atoms. The number of carbonyl (C=O) groups is 2. The Morgan fingerprint density at radius 1 is 1.03 bits per heavy atom. The van der Waals surface area contributed by atoms with Gasteiger partial charge in [-0.3, -0.25) is 9.59 Å². The maximum absolute atomic E-state index is 13.0. The molecule has 2 aromatic carbocycles. The van der Waals surface area contributed by atoms with Gasteiger partial charge < -0.3 is 20.1 Å². The fraction of sp³-hybridized carbons (Fsp3) is 0.227. The zero-order chi connectivity index (χ0) is 20.7. The number of rotatable bonds is 5. The number of hydrogen-bond donors (Lipinski definition) is 2. The maximum atomic E-state index is 13.0. The Morgan fingerprint density at radius 2 is 1.80 bits per heavy atom. The molecular weight excluding hydrogens is 402 g/mol. The average Bonchev–Trinajstić information content (AvgIpc) is 3.19. The van der Waals surface area contributed by atoms with E-state index in [1.165, 1.54) is 18.3 Å². The summed E-state index contributed by atoms with van der Waals surface area (Å²) in [6.45, 7) is 1.69. The van der Waals surface area contributed by atoms with E-state index in [-0.39, 0.29) is 18.6 Å². The highest BCUT2D eigenvalue weighted by molar-refractivity contribution is 7.14. The minimum Gasteiger partial charge on any atom is -0.454 e. The predicted molar refractivity (Wildman–Crippen MR) is 114 cm³/mol. The Balaban J connectivity index is 1.30. The van der Waals surface area contributed by atoms with Crippen LogP contribution >= 0.6 is 11.3 Å². The molecule has 0 bridgehead atoms. The van der Waals surface area contributed by atoms with Gasteiger partial charge in [-0.25, -0.2) is 4.98 Å². The largest absolute Gasteiger partial charge is 0.454 e. The van der Waals surface area contributed by atoms with Crippen LogP contribution in [0.4, 0.5) is 10.8 Å². The predicted octanol–water partition coefficient (Wildman–Crippen LogP) is 4.17. The number of thiazole rings is 1. The van der Waals surface area contributed by atoms with Crippen LogP contribution in [0.25, 0.3) is 11.3 Å². The maximum Gasteiger partial charge on any atom is 0.236 e. The van der Waals surface area contributed by atoms with Gasteiger partial charge in [-0.1, -0.05) is 18.2 Å². The van der Waals surface area contributed by atoms with E-state index in [0.717, 1.165) is 35.3 Å². The lowest BCUT2D eigenvalue weighted by atomic mass is 9.94. The average molecular weight is 421 g/mol. The highest BCUT2D eigenvalue weighted by Gasteiger charge is 2.52. The normalized spacial score (nSPS) is 15.5.